The van der Waals surface area contributed by atoms with Gasteiger partial charge in [0.1, 0.15) is 0 Å². The Morgan fingerprint density at radius 1 is 0.441 bits per heavy atom. The van der Waals surface area contributed by atoms with Crippen LogP contribution in [0.25, 0.3) is 0 Å². The second kappa shape index (κ2) is 24.7. The molecule has 0 aromatic heterocycles. The van der Waals surface area contributed by atoms with Crippen LogP contribution in [0.2, 0.25) is 0 Å². The maximum atomic E-state index is 9.41. The maximum absolute atomic E-state index is 9.41. The molecule has 0 bridgehead atoms. The molecule has 34 heavy (non-hydrogen) atoms. The second-order valence-electron chi connectivity index (χ2n) is 9.44. The van der Waals surface area contributed by atoms with Crippen LogP contribution in [0.15, 0.2) is 12.2 Å². The van der Waals surface area contributed by atoms with Gasteiger partial charge in [-0.25, -0.2) is 0 Å². The number of aliphatic carboxylic acids is 2. The van der Waals surface area contributed by atoms with Gasteiger partial charge in [-0.05, 0) is 63.5 Å². The van der Waals surface area contributed by atoms with E-state index in [1.54, 1.807) is 0 Å². The number of carboxylic acid groups (broad SMARTS) is 2. The summed E-state index contributed by atoms with van der Waals surface area (Å²) in [5.74, 6) is -3.09. The van der Waals surface area contributed by atoms with Crippen molar-refractivity contribution in [2.45, 2.75) is 107 Å². The van der Waals surface area contributed by atoms with Crippen LogP contribution in [0.5, 0.6) is 0 Å². The van der Waals surface area contributed by atoms with Gasteiger partial charge in [0.05, 0.1) is 64.3 Å². The zero-order valence-electron chi connectivity index (χ0n) is 24.0. The van der Waals surface area contributed by atoms with Crippen molar-refractivity contribution < 1.29 is 28.8 Å². The van der Waals surface area contributed by atoms with Gasteiger partial charge in [-0.3, -0.25) is 0 Å². The Morgan fingerprint density at radius 2 is 0.588 bits per heavy atom. The highest BCUT2D eigenvalue weighted by atomic mass is 16.4. The fourth-order valence-electron chi connectivity index (χ4n) is 5.27. The Labute approximate surface area is 212 Å². The summed E-state index contributed by atoms with van der Waals surface area (Å²) in [6.45, 7) is 29.6. The van der Waals surface area contributed by atoms with Gasteiger partial charge in [-0.1, -0.05) is 55.4 Å². The third-order valence-electron chi connectivity index (χ3n) is 5.94. The molecule has 0 amide bonds. The van der Waals surface area contributed by atoms with Crippen molar-refractivity contribution >= 4 is 11.9 Å². The van der Waals surface area contributed by atoms with Crippen LogP contribution in [-0.4, -0.2) is 73.3 Å². The van der Waals surface area contributed by atoms with E-state index in [4.69, 9.17) is 0 Å². The summed E-state index contributed by atoms with van der Waals surface area (Å²) in [7, 11) is 0. The largest absolute Gasteiger partial charge is 0.545 e. The SMILES string of the molecule is CCC[N+](CCC)(CCC)CCC.CCC[N+](CCC)(CCC)CCC.O=C([O-])C=CC(=O)[O-]. The highest BCUT2D eigenvalue weighted by Gasteiger charge is 2.23. The Bertz CT molecular complexity index is 404. The minimum Gasteiger partial charge on any atom is -0.545 e. The van der Waals surface area contributed by atoms with Crippen molar-refractivity contribution in [2.24, 2.45) is 0 Å². The predicted octanol–water partition coefficient (Wildman–Crippen LogP) is 3.93. The first-order valence-corrected chi connectivity index (χ1v) is 13.9. The molecule has 0 atom stereocenters. The summed E-state index contributed by atoms with van der Waals surface area (Å²) in [6, 6.07) is 0. The lowest BCUT2D eigenvalue weighted by atomic mass is 10.2. The lowest BCUT2D eigenvalue weighted by Gasteiger charge is -2.38. The number of nitrogens with zero attached hydrogens (tertiary/aromatic N) is 2. The lowest BCUT2D eigenvalue weighted by Crippen LogP contribution is -2.50. The van der Waals surface area contributed by atoms with Crippen LogP contribution in [0.4, 0.5) is 0 Å². The Morgan fingerprint density at radius 3 is 0.676 bits per heavy atom. The Hall–Kier alpha value is -1.40. The highest BCUT2D eigenvalue weighted by molar-refractivity contribution is 5.87. The van der Waals surface area contributed by atoms with Crippen LogP contribution >= 0.6 is 0 Å². The van der Waals surface area contributed by atoms with Crippen molar-refractivity contribution in [1.29, 1.82) is 0 Å². The summed E-state index contributed by atoms with van der Waals surface area (Å²) < 4.78 is 2.75. The van der Waals surface area contributed by atoms with Crippen molar-refractivity contribution in [3.05, 3.63) is 12.2 Å². The molecule has 0 spiro atoms. The predicted molar refractivity (Wildman–Crippen MR) is 141 cm³/mol. The molecule has 0 aromatic rings. The minimum absolute atomic E-state index is 0.384. The summed E-state index contributed by atoms with van der Waals surface area (Å²) in [5, 5.41) is 18.8. The van der Waals surface area contributed by atoms with Gasteiger partial charge in [0.25, 0.3) is 0 Å². The van der Waals surface area contributed by atoms with Crippen LogP contribution < -0.4 is 10.2 Å². The third kappa shape index (κ3) is 21.2. The van der Waals surface area contributed by atoms with Gasteiger partial charge in [0.15, 0.2) is 0 Å². The Balaban J connectivity index is -0.000000438. The van der Waals surface area contributed by atoms with Crippen molar-refractivity contribution in [2.75, 3.05) is 52.4 Å². The van der Waals surface area contributed by atoms with Crippen molar-refractivity contribution in [1.82, 2.24) is 0 Å². The molecule has 0 heterocycles. The lowest BCUT2D eigenvalue weighted by molar-refractivity contribution is -0.928. The molecule has 0 unspecified atom stereocenters. The topological polar surface area (TPSA) is 80.3 Å². The Kier molecular flexibility index (Phi) is 27.0. The van der Waals surface area contributed by atoms with E-state index in [1.807, 2.05) is 0 Å². The maximum Gasteiger partial charge on any atom is 0.0783 e. The average Bonchev–Trinajstić information content (AvgIpc) is 2.75. The molecule has 0 fully saturated rings. The van der Waals surface area contributed by atoms with Crippen LogP contribution in [-0.2, 0) is 9.59 Å². The number of hydrogen-bond donors (Lipinski definition) is 0. The van der Waals surface area contributed by atoms with Gasteiger partial charge in [0.2, 0.25) is 0 Å². The first-order valence-electron chi connectivity index (χ1n) is 13.9. The van der Waals surface area contributed by atoms with Crippen molar-refractivity contribution in [3.8, 4) is 0 Å². The summed E-state index contributed by atoms with van der Waals surface area (Å²) in [5.41, 5.74) is 0. The summed E-state index contributed by atoms with van der Waals surface area (Å²) in [4.78, 5) is 18.8. The number of carboxylic acids is 2. The van der Waals surface area contributed by atoms with Gasteiger partial charge in [-0.2, -0.15) is 0 Å². The molecule has 0 saturated heterocycles. The molecule has 0 N–H and O–H groups in total. The molecule has 0 radical (unpaired) electrons. The zero-order valence-corrected chi connectivity index (χ0v) is 24.0. The molecule has 0 aromatic carbocycles. The minimum atomic E-state index is -1.55. The van der Waals surface area contributed by atoms with Gasteiger partial charge >= 0.3 is 0 Å². The first kappa shape index (κ1) is 37.2. The van der Waals surface area contributed by atoms with Gasteiger partial charge in [0, 0.05) is 0 Å². The monoisotopic (exact) mass is 486 g/mol. The molecule has 0 aliphatic rings. The van der Waals surface area contributed by atoms with E-state index >= 15 is 0 Å². The quantitative estimate of drug-likeness (QED) is 0.217. The van der Waals surface area contributed by atoms with Gasteiger partial charge in [-0.15, -0.1) is 0 Å². The second-order valence-corrected chi connectivity index (χ2v) is 9.44. The number of carbonyl (C=O) groups is 2. The van der Waals surface area contributed by atoms with Gasteiger partial charge < -0.3 is 28.8 Å². The highest BCUT2D eigenvalue weighted by Crippen LogP contribution is 2.13. The van der Waals surface area contributed by atoms with Crippen LogP contribution in [0, 0.1) is 0 Å². The number of hydrogen-bond acceptors (Lipinski definition) is 4. The standard InChI is InChI=1S/2C12H28N.C4H4O4/c2*1-5-9-13(10-6-2,11-7-3)12-8-4;5-3(6)1-2-4(7)8/h2*5-12H2,1-4H3;1-2H,(H,5,6)(H,7,8)/q2*+1;/p-2. The fraction of sp³-hybridized carbons (Fsp3) is 0.857. The molecular formula is C28H58N2O4. The summed E-state index contributed by atoms with van der Waals surface area (Å²) in [6.07, 6.45) is 11.4. The van der Waals surface area contributed by atoms with E-state index in [9.17, 15) is 19.8 Å². The van der Waals surface area contributed by atoms with E-state index in [-0.39, 0.29) is 0 Å². The average molecular weight is 487 g/mol. The molecule has 204 valence electrons. The summed E-state index contributed by atoms with van der Waals surface area (Å²) >= 11 is 0. The molecule has 6 heteroatoms. The number of carbonyl (C=O) groups excluding carboxylic acids is 2. The molecular weight excluding hydrogens is 428 g/mol. The normalized spacial score (nSPS) is 11.4. The molecule has 6 nitrogen and oxygen atoms in total. The fourth-order valence-corrected chi connectivity index (χ4v) is 5.27. The van der Waals surface area contributed by atoms with E-state index in [0.29, 0.717) is 12.2 Å². The molecule has 0 rings (SSSR count). The first-order chi connectivity index (χ1) is 16.1. The van der Waals surface area contributed by atoms with E-state index in [1.165, 1.54) is 113 Å². The van der Waals surface area contributed by atoms with Crippen molar-refractivity contribution in [3.63, 3.8) is 0 Å². The van der Waals surface area contributed by atoms with E-state index in [0.717, 1.165) is 0 Å². The molecule has 0 aliphatic heterocycles. The van der Waals surface area contributed by atoms with E-state index < -0.39 is 11.9 Å². The molecule has 0 saturated carbocycles. The van der Waals surface area contributed by atoms with Crippen LogP contribution in [0.1, 0.15) is 107 Å². The number of quaternary nitrogens is 2. The van der Waals surface area contributed by atoms with Crippen LogP contribution in [0.3, 0.4) is 0 Å². The van der Waals surface area contributed by atoms with E-state index in [2.05, 4.69) is 55.4 Å². The smallest absolute Gasteiger partial charge is 0.0783 e. The number of rotatable bonds is 18. The zero-order chi connectivity index (χ0) is 26.9. The third-order valence-corrected chi connectivity index (χ3v) is 5.94. The molecule has 0 aliphatic carbocycles.